The summed E-state index contributed by atoms with van der Waals surface area (Å²) in [5.41, 5.74) is 0.0662. The van der Waals surface area contributed by atoms with Crippen molar-refractivity contribution in [1.29, 1.82) is 0 Å². The molecule has 0 atom stereocenters. The number of carboxylic acids is 1. The van der Waals surface area contributed by atoms with Crippen LogP contribution in [0.4, 0.5) is 5.69 Å². The first-order chi connectivity index (χ1) is 9.99. The number of hydrogen-bond donors (Lipinski definition) is 1. The number of pyridine rings is 1. The monoisotopic (exact) mass is 352 g/mol. The van der Waals surface area contributed by atoms with Crippen molar-refractivity contribution in [2.75, 3.05) is 0 Å². The lowest BCUT2D eigenvalue weighted by Gasteiger charge is -2.08. The van der Waals surface area contributed by atoms with Crippen LogP contribution in [0, 0.1) is 10.1 Å². The van der Waals surface area contributed by atoms with Crippen LogP contribution in [0.2, 0.25) is 0 Å². The van der Waals surface area contributed by atoms with E-state index >= 15 is 0 Å². The van der Waals surface area contributed by atoms with E-state index in [1.54, 1.807) is 12.1 Å². The van der Waals surface area contributed by atoms with Crippen molar-refractivity contribution in [3.63, 3.8) is 0 Å². The van der Waals surface area contributed by atoms with Gasteiger partial charge < -0.3 is 9.84 Å². The Hall–Kier alpha value is -2.48. The molecule has 2 aromatic rings. The summed E-state index contributed by atoms with van der Waals surface area (Å²) in [6.07, 6.45) is 0. The van der Waals surface area contributed by atoms with Crippen LogP contribution in [0.5, 0.6) is 5.75 Å². The van der Waals surface area contributed by atoms with Crippen molar-refractivity contribution in [3.8, 4) is 5.75 Å². The number of carboxylic acid groups (broad SMARTS) is 1. The molecule has 21 heavy (non-hydrogen) atoms. The zero-order valence-corrected chi connectivity index (χ0v) is 12.1. The molecule has 0 saturated heterocycles. The minimum Gasteiger partial charge on any atom is -0.480 e. The van der Waals surface area contributed by atoms with Gasteiger partial charge in [-0.15, -0.1) is 0 Å². The van der Waals surface area contributed by atoms with Crippen molar-refractivity contribution in [1.82, 2.24) is 4.98 Å². The average molecular weight is 353 g/mol. The highest BCUT2D eigenvalue weighted by Gasteiger charge is 2.18. The first kappa shape index (κ1) is 14.9. The third-order valence-corrected chi connectivity index (χ3v) is 3.16. The van der Waals surface area contributed by atoms with Crippen LogP contribution in [-0.4, -0.2) is 21.0 Å². The number of nitrogens with zero attached hydrogens (tertiary/aromatic N) is 2. The molecule has 0 bridgehead atoms. The molecule has 0 aliphatic heterocycles. The van der Waals surface area contributed by atoms with Crippen molar-refractivity contribution in [2.24, 2.45) is 0 Å². The van der Waals surface area contributed by atoms with E-state index in [1.165, 1.54) is 24.3 Å². The van der Waals surface area contributed by atoms with Crippen molar-refractivity contribution in [2.45, 2.75) is 6.61 Å². The minimum atomic E-state index is -1.15. The SMILES string of the molecule is O=C(O)c1cccc(COc2c(Br)cccc2[N+](=O)[O-])n1. The molecule has 1 N–H and O–H groups in total. The Bertz CT molecular complexity index is 705. The molecule has 8 heteroatoms. The third-order valence-electron chi connectivity index (χ3n) is 2.53. The number of benzene rings is 1. The lowest BCUT2D eigenvalue weighted by atomic mass is 10.3. The van der Waals surface area contributed by atoms with Gasteiger partial charge in [0.1, 0.15) is 12.3 Å². The molecule has 0 unspecified atom stereocenters. The Morgan fingerprint density at radius 1 is 1.33 bits per heavy atom. The van der Waals surface area contributed by atoms with Gasteiger partial charge in [-0.25, -0.2) is 9.78 Å². The number of halogens is 1. The number of aromatic carboxylic acids is 1. The van der Waals surface area contributed by atoms with Gasteiger partial charge in [0.25, 0.3) is 0 Å². The molecule has 1 aromatic heterocycles. The molecule has 2 rings (SSSR count). The molecular weight excluding hydrogens is 344 g/mol. The molecule has 7 nitrogen and oxygen atoms in total. The van der Waals surface area contributed by atoms with Gasteiger partial charge in [0.2, 0.25) is 5.75 Å². The fourth-order valence-corrected chi connectivity index (χ4v) is 2.08. The molecule has 0 fully saturated rings. The lowest BCUT2D eigenvalue weighted by Crippen LogP contribution is -2.06. The van der Waals surface area contributed by atoms with Crippen molar-refractivity contribution < 1.29 is 19.6 Å². The number of hydrogen-bond acceptors (Lipinski definition) is 5. The molecule has 108 valence electrons. The fourth-order valence-electron chi connectivity index (χ4n) is 1.61. The lowest BCUT2D eigenvalue weighted by molar-refractivity contribution is -0.386. The molecular formula is C13H9BrN2O5. The summed E-state index contributed by atoms with van der Waals surface area (Å²) in [7, 11) is 0. The first-order valence-electron chi connectivity index (χ1n) is 5.74. The van der Waals surface area contributed by atoms with E-state index < -0.39 is 10.9 Å². The Labute approximate surface area is 127 Å². The van der Waals surface area contributed by atoms with Gasteiger partial charge in [0, 0.05) is 6.07 Å². The van der Waals surface area contributed by atoms with Gasteiger partial charge in [-0.1, -0.05) is 12.1 Å². The largest absolute Gasteiger partial charge is 0.480 e. The molecule has 0 aliphatic carbocycles. The molecule has 0 saturated carbocycles. The normalized spacial score (nSPS) is 10.1. The fraction of sp³-hybridized carbons (Fsp3) is 0.0769. The number of para-hydroxylation sites is 1. The molecule has 0 spiro atoms. The zero-order chi connectivity index (χ0) is 15.4. The Morgan fingerprint density at radius 3 is 2.71 bits per heavy atom. The van der Waals surface area contributed by atoms with Crippen LogP contribution in [0.3, 0.4) is 0 Å². The van der Waals surface area contributed by atoms with Crippen LogP contribution in [-0.2, 0) is 6.61 Å². The number of carbonyl (C=O) groups is 1. The van der Waals surface area contributed by atoms with Gasteiger partial charge in [-0.05, 0) is 34.1 Å². The highest BCUT2D eigenvalue weighted by molar-refractivity contribution is 9.10. The van der Waals surface area contributed by atoms with E-state index in [4.69, 9.17) is 9.84 Å². The smallest absolute Gasteiger partial charge is 0.354 e. The van der Waals surface area contributed by atoms with Crippen molar-refractivity contribution in [3.05, 3.63) is 62.4 Å². The first-order valence-corrected chi connectivity index (χ1v) is 6.53. The molecule has 0 radical (unpaired) electrons. The van der Waals surface area contributed by atoms with Gasteiger partial charge in [-0.3, -0.25) is 10.1 Å². The maximum atomic E-state index is 10.9. The van der Waals surface area contributed by atoms with Crippen LogP contribution < -0.4 is 4.74 Å². The predicted molar refractivity (Wildman–Crippen MR) is 76.3 cm³/mol. The zero-order valence-electron chi connectivity index (χ0n) is 10.5. The summed E-state index contributed by atoms with van der Waals surface area (Å²) < 4.78 is 5.84. The summed E-state index contributed by atoms with van der Waals surface area (Å²) >= 11 is 3.18. The van der Waals surface area contributed by atoms with Crippen LogP contribution in [0.25, 0.3) is 0 Å². The highest BCUT2D eigenvalue weighted by atomic mass is 79.9. The van der Waals surface area contributed by atoms with Crippen molar-refractivity contribution >= 4 is 27.6 Å². The van der Waals surface area contributed by atoms with Crippen LogP contribution in [0.1, 0.15) is 16.2 Å². The van der Waals surface area contributed by atoms with E-state index in [2.05, 4.69) is 20.9 Å². The average Bonchev–Trinajstić information content (AvgIpc) is 2.46. The number of nitro benzene ring substituents is 1. The second-order valence-electron chi connectivity index (χ2n) is 3.95. The van der Waals surface area contributed by atoms with Gasteiger partial charge in [0.05, 0.1) is 15.1 Å². The summed E-state index contributed by atoms with van der Waals surface area (Å²) in [4.78, 5) is 25.1. The standard InChI is InChI=1S/C13H9BrN2O5/c14-9-4-2-6-11(16(19)20)12(9)21-7-8-3-1-5-10(15-8)13(17)18/h1-6H,7H2,(H,17,18). The van der Waals surface area contributed by atoms with Gasteiger partial charge >= 0.3 is 11.7 Å². The summed E-state index contributed by atoms with van der Waals surface area (Å²) in [6, 6.07) is 8.93. The maximum absolute atomic E-state index is 10.9. The van der Waals surface area contributed by atoms with Crippen LogP contribution in [0.15, 0.2) is 40.9 Å². The van der Waals surface area contributed by atoms with E-state index in [1.807, 2.05) is 0 Å². The quantitative estimate of drug-likeness (QED) is 0.655. The minimum absolute atomic E-state index is 0.0741. The van der Waals surface area contributed by atoms with E-state index in [-0.39, 0.29) is 23.7 Å². The van der Waals surface area contributed by atoms with E-state index in [0.717, 1.165) is 0 Å². The predicted octanol–water partition coefficient (Wildman–Crippen LogP) is 3.03. The van der Waals surface area contributed by atoms with Gasteiger partial charge in [-0.2, -0.15) is 0 Å². The van der Waals surface area contributed by atoms with Gasteiger partial charge in [0.15, 0.2) is 0 Å². The number of ether oxygens (including phenoxy) is 1. The number of rotatable bonds is 5. The second kappa shape index (κ2) is 6.31. The molecule has 1 aromatic carbocycles. The number of aromatic nitrogens is 1. The Kier molecular flexibility index (Phi) is 4.49. The topological polar surface area (TPSA) is 103 Å². The van der Waals surface area contributed by atoms with E-state index in [0.29, 0.717) is 10.2 Å². The maximum Gasteiger partial charge on any atom is 0.354 e. The summed E-state index contributed by atoms with van der Waals surface area (Å²) in [6.45, 7) is -0.0788. The highest BCUT2D eigenvalue weighted by Crippen LogP contribution is 2.35. The summed E-state index contributed by atoms with van der Waals surface area (Å²) in [5.74, 6) is -1.08. The second-order valence-corrected chi connectivity index (χ2v) is 4.81. The Morgan fingerprint density at radius 2 is 2.05 bits per heavy atom. The van der Waals surface area contributed by atoms with Crippen LogP contribution >= 0.6 is 15.9 Å². The van der Waals surface area contributed by atoms with E-state index in [9.17, 15) is 14.9 Å². The molecule has 0 amide bonds. The third kappa shape index (κ3) is 3.54. The molecule has 1 heterocycles. The molecule has 0 aliphatic rings. The Balaban J connectivity index is 2.22. The number of nitro groups is 1. The summed E-state index contributed by atoms with van der Waals surface area (Å²) in [5, 5.41) is 19.8.